The molecule has 19 heavy (non-hydrogen) atoms. The molecule has 0 aliphatic carbocycles. The summed E-state index contributed by atoms with van der Waals surface area (Å²) in [4.78, 5) is 4.24. The molecule has 1 N–H and O–H groups in total. The largest absolute Gasteiger partial charge is 0.330 e. The van der Waals surface area contributed by atoms with Crippen molar-refractivity contribution in [2.75, 3.05) is 0 Å². The minimum absolute atomic E-state index is 0.263. The highest BCUT2D eigenvalue weighted by Crippen LogP contribution is 2.23. The predicted molar refractivity (Wildman–Crippen MR) is 80.1 cm³/mol. The van der Waals surface area contributed by atoms with Crippen molar-refractivity contribution in [3.8, 4) is 0 Å². The fourth-order valence-corrected chi connectivity index (χ4v) is 3.44. The summed E-state index contributed by atoms with van der Waals surface area (Å²) >= 11 is 12.8. The number of aromatic amines is 1. The smallest absolute Gasteiger partial charge is 0.178 e. The minimum Gasteiger partial charge on any atom is -0.330 e. The van der Waals surface area contributed by atoms with Crippen LogP contribution in [0.1, 0.15) is 4.88 Å². The first-order chi connectivity index (χ1) is 9.13. The van der Waals surface area contributed by atoms with E-state index < -0.39 is 0 Å². The van der Waals surface area contributed by atoms with Gasteiger partial charge in [-0.05, 0) is 49.0 Å². The Morgan fingerprint density at radius 3 is 2.89 bits per heavy atom. The first-order valence-electron chi connectivity index (χ1n) is 5.76. The lowest BCUT2D eigenvalue weighted by Gasteiger charge is -2.03. The zero-order valence-electron chi connectivity index (χ0n) is 9.82. The average molecular weight is 313 g/mol. The topological polar surface area (TPSA) is 20.7 Å². The number of nitrogens with one attached hydrogen (secondary N) is 1. The van der Waals surface area contributed by atoms with Crippen molar-refractivity contribution in [3.05, 3.63) is 50.1 Å². The lowest BCUT2D eigenvalue weighted by molar-refractivity contribution is 0.629. The lowest BCUT2D eigenvalue weighted by atomic mass is 10.3. The van der Waals surface area contributed by atoms with Crippen molar-refractivity contribution < 1.29 is 4.39 Å². The van der Waals surface area contributed by atoms with Gasteiger partial charge in [-0.15, -0.1) is 11.3 Å². The van der Waals surface area contributed by atoms with Crippen LogP contribution >= 0.6 is 35.2 Å². The number of benzene rings is 1. The molecule has 3 rings (SSSR count). The molecule has 0 spiro atoms. The van der Waals surface area contributed by atoms with E-state index in [0.29, 0.717) is 4.77 Å². The molecule has 0 bridgehead atoms. The van der Waals surface area contributed by atoms with Gasteiger partial charge in [-0.1, -0.05) is 11.6 Å². The average Bonchev–Trinajstić information content (AvgIpc) is 2.89. The highest BCUT2D eigenvalue weighted by molar-refractivity contribution is 7.71. The van der Waals surface area contributed by atoms with Crippen molar-refractivity contribution in [1.82, 2.24) is 9.55 Å². The molecule has 0 aliphatic heterocycles. The summed E-state index contributed by atoms with van der Waals surface area (Å²) in [6.07, 6.45) is 0.857. The van der Waals surface area contributed by atoms with E-state index >= 15 is 0 Å². The van der Waals surface area contributed by atoms with Gasteiger partial charge in [0.1, 0.15) is 5.82 Å². The molecule has 2 heterocycles. The van der Waals surface area contributed by atoms with Gasteiger partial charge < -0.3 is 9.55 Å². The Morgan fingerprint density at radius 1 is 1.32 bits per heavy atom. The second kappa shape index (κ2) is 5.07. The minimum atomic E-state index is -0.263. The predicted octanol–water partition coefficient (Wildman–Crippen LogP) is 4.80. The van der Waals surface area contributed by atoms with Crippen molar-refractivity contribution in [3.63, 3.8) is 0 Å². The number of aromatic nitrogens is 2. The van der Waals surface area contributed by atoms with Crippen molar-refractivity contribution in [2.24, 2.45) is 0 Å². The zero-order chi connectivity index (χ0) is 13.4. The van der Waals surface area contributed by atoms with Gasteiger partial charge in [-0.3, -0.25) is 0 Å². The first kappa shape index (κ1) is 12.8. The van der Waals surface area contributed by atoms with Crippen LogP contribution in [0.15, 0.2) is 30.3 Å². The molecule has 2 nitrogen and oxygen atoms in total. The van der Waals surface area contributed by atoms with E-state index in [1.165, 1.54) is 17.0 Å². The van der Waals surface area contributed by atoms with E-state index in [4.69, 9.17) is 23.8 Å². The van der Waals surface area contributed by atoms with Crippen molar-refractivity contribution in [2.45, 2.75) is 13.0 Å². The second-order valence-corrected chi connectivity index (χ2v) is 6.39. The van der Waals surface area contributed by atoms with E-state index in [2.05, 4.69) is 4.98 Å². The van der Waals surface area contributed by atoms with Gasteiger partial charge in [0.2, 0.25) is 0 Å². The normalized spacial score (nSPS) is 11.3. The Kier molecular flexibility index (Phi) is 3.43. The highest BCUT2D eigenvalue weighted by atomic mass is 35.5. The quantitative estimate of drug-likeness (QED) is 0.689. The third kappa shape index (κ3) is 2.59. The first-order valence-corrected chi connectivity index (χ1v) is 7.36. The number of imidazole rings is 1. The molecular weight excluding hydrogens is 303 g/mol. The van der Waals surface area contributed by atoms with Gasteiger partial charge in [0.15, 0.2) is 4.77 Å². The van der Waals surface area contributed by atoms with Crippen molar-refractivity contribution >= 4 is 46.2 Å². The molecule has 0 saturated carbocycles. The number of nitrogens with zero attached hydrogens (tertiary/aromatic N) is 1. The highest BCUT2D eigenvalue weighted by Gasteiger charge is 2.06. The van der Waals surface area contributed by atoms with Gasteiger partial charge in [-0.25, -0.2) is 4.39 Å². The van der Waals surface area contributed by atoms with Crippen LogP contribution < -0.4 is 0 Å². The molecule has 98 valence electrons. The SMILES string of the molecule is Fc1ccc2c(c1)[nH]c(=S)n2CCc1ccc(Cl)s1. The molecule has 2 aromatic heterocycles. The molecule has 1 aromatic carbocycles. The van der Waals surface area contributed by atoms with Crippen LogP contribution in [0.3, 0.4) is 0 Å². The summed E-state index contributed by atoms with van der Waals surface area (Å²) in [5.41, 5.74) is 1.66. The third-order valence-electron chi connectivity index (χ3n) is 2.95. The third-order valence-corrected chi connectivity index (χ3v) is 4.56. The number of halogens is 2. The van der Waals surface area contributed by atoms with Crippen LogP contribution in [0, 0.1) is 10.6 Å². The summed E-state index contributed by atoms with van der Waals surface area (Å²) in [6, 6.07) is 8.57. The second-order valence-electron chi connectivity index (χ2n) is 4.20. The number of aryl methyl sites for hydroxylation is 2. The molecule has 0 unspecified atom stereocenters. The fourth-order valence-electron chi connectivity index (χ4n) is 2.07. The Balaban J connectivity index is 1.92. The number of H-pyrrole nitrogens is 1. The molecular formula is C13H10ClFN2S2. The lowest BCUT2D eigenvalue weighted by Crippen LogP contribution is -2.00. The monoisotopic (exact) mass is 312 g/mol. The van der Waals surface area contributed by atoms with Crippen LogP contribution in [-0.2, 0) is 13.0 Å². The standard InChI is InChI=1S/C13H10ClFN2S2/c14-12-4-2-9(19-12)5-6-17-11-3-1-8(15)7-10(11)16-13(17)18/h1-4,7H,5-6H2,(H,16,18). The van der Waals surface area contributed by atoms with Crippen LogP contribution in [0.2, 0.25) is 4.34 Å². The Bertz CT molecular complexity index is 787. The van der Waals surface area contributed by atoms with Gasteiger partial charge in [0.25, 0.3) is 0 Å². The van der Waals surface area contributed by atoms with E-state index in [9.17, 15) is 4.39 Å². The van der Waals surface area contributed by atoms with Crippen LogP contribution in [0.4, 0.5) is 4.39 Å². The maximum Gasteiger partial charge on any atom is 0.178 e. The van der Waals surface area contributed by atoms with Gasteiger partial charge in [-0.2, -0.15) is 0 Å². The number of fused-ring (bicyclic) bond motifs is 1. The van der Waals surface area contributed by atoms with Gasteiger partial charge in [0, 0.05) is 11.4 Å². The molecule has 0 atom stereocenters. The van der Waals surface area contributed by atoms with E-state index in [1.807, 2.05) is 16.7 Å². The molecule has 0 fully saturated rings. The summed E-state index contributed by atoms with van der Waals surface area (Å²) < 4.78 is 16.5. The number of hydrogen-bond acceptors (Lipinski definition) is 2. The van der Waals surface area contributed by atoms with Gasteiger partial charge >= 0.3 is 0 Å². The maximum absolute atomic E-state index is 13.2. The molecule has 3 aromatic rings. The molecule has 0 aliphatic rings. The van der Waals surface area contributed by atoms with E-state index in [-0.39, 0.29) is 5.82 Å². The maximum atomic E-state index is 13.2. The Morgan fingerprint density at radius 2 is 2.16 bits per heavy atom. The molecule has 0 amide bonds. The molecule has 0 radical (unpaired) electrons. The number of rotatable bonds is 3. The van der Waals surface area contributed by atoms with Crippen molar-refractivity contribution in [1.29, 1.82) is 0 Å². The Labute approximate surface area is 123 Å². The van der Waals surface area contributed by atoms with Gasteiger partial charge in [0.05, 0.1) is 15.4 Å². The van der Waals surface area contributed by atoms with E-state index in [0.717, 1.165) is 28.3 Å². The summed E-state index contributed by atoms with van der Waals surface area (Å²) in [6.45, 7) is 0.751. The number of hydrogen-bond donors (Lipinski definition) is 1. The summed E-state index contributed by atoms with van der Waals surface area (Å²) in [7, 11) is 0. The Hall–Kier alpha value is -1.17. The van der Waals surface area contributed by atoms with Crippen LogP contribution in [0.5, 0.6) is 0 Å². The van der Waals surface area contributed by atoms with Crippen LogP contribution in [0.25, 0.3) is 11.0 Å². The zero-order valence-corrected chi connectivity index (χ0v) is 12.2. The summed E-state index contributed by atoms with van der Waals surface area (Å²) in [5.74, 6) is -0.263. The molecule has 6 heteroatoms. The van der Waals surface area contributed by atoms with Crippen LogP contribution in [-0.4, -0.2) is 9.55 Å². The van der Waals surface area contributed by atoms with E-state index in [1.54, 1.807) is 17.4 Å². The molecule has 0 saturated heterocycles. The fraction of sp³-hybridized carbons (Fsp3) is 0.154. The number of thiophene rings is 1. The summed E-state index contributed by atoms with van der Waals surface area (Å²) in [5, 5.41) is 0.